The van der Waals surface area contributed by atoms with Crippen LogP contribution >= 0.6 is 11.8 Å². The van der Waals surface area contributed by atoms with Gasteiger partial charge in [0.05, 0.1) is 11.4 Å². The summed E-state index contributed by atoms with van der Waals surface area (Å²) in [6, 6.07) is 6.90. The Kier molecular flexibility index (Phi) is 7.58. The summed E-state index contributed by atoms with van der Waals surface area (Å²) < 4.78 is 25.4. The minimum Gasteiger partial charge on any atom is -0.357 e. The molecule has 1 aromatic carbocycles. The van der Waals surface area contributed by atoms with E-state index in [4.69, 9.17) is 0 Å². The van der Waals surface area contributed by atoms with Gasteiger partial charge in [-0.05, 0) is 43.2 Å². The number of thioether (sulfide) groups is 1. The molecule has 1 fully saturated rings. The highest BCUT2D eigenvalue weighted by Crippen LogP contribution is 2.25. The molecule has 25 heavy (non-hydrogen) atoms. The summed E-state index contributed by atoms with van der Waals surface area (Å²) in [5.74, 6) is 2.06. The number of aliphatic imine (C=N–C) groups is 1. The monoisotopic (exact) mass is 384 g/mol. The van der Waals surface area contributed by atoms with Crippen molar-refractivity contribution in [2.75, 3.05) is 32.9 Å². The lowest BCUT2D eigenvalue weighted by Gasteiger charge is -2.14. The first-order valence-corrected chi connectivity index (χ1v) is 11.1. The van der Waals surface area contributed by atoms with Crippen molar-refractivity contribution >= 4 is 27.7 Å². The average Bonchev–Trinajstić information content (AvgIpc) is 3.11. The van der Waals surface area contributed by atoms with Crippen LogP contribution in [0.1, 0.15) is 25.3 Å². The van der Waals surface area contributed by atoms with Crippen LogP contribution in [-0.2, 0) is 16.6 Å². The SMILES string of the molecule is CCNC(=NCc1ccc(S(=O)(=O)N(C)C)cc1)NCC1CCCS1. The predicted octanol–water partition coefficient (Wildman–Crippen LogP) is 1.89. The maximum Gasteiger partial charge on any atom is 0.242 e. The fraction of sp³-hybridized carbons (Fsp3) is 0.588. The number of hydrogen-bond donors (Lipinski definition) is 2. The van der Waals surface area contributed by atoms with Gasteiger partial charge in [0.25, 0.3) is 0 Å². The van der Waals surface area contributed by atoms with E-state index in [1.807, 2.05) is 30.8 Å². The molecule has 2 rings (SSSR count). The lowest BCUT2D eigenvalue weighted by Crippen LogP contribution is -2.40. The normalized spacial score (nSPS) is 18.6. The largest absolute Gasteiger partial charge is 0.357 e. The smallest absolute Gasteiger partial charge is 0.242 e. The van der Waals surface area contributed by atoms with Crippen LogP contribution in [0.15, 0.2) is 34.2 Å². The number of hydrogen-bond acceptors (Lipinski definition) is 4. The van der Waals surface area contributed by atoms with E-state index in [-0.39, 0.29) is 0 Å². The Morgan fingerprint density at radius 3 is 2.56 bits per heavy atom. The van der Waals surface area contributed by atoms with Crippen LogP contribution in [0.2, 0.25) is 0 Å². The topological polar surface area (TPSA) is 73.8 Å². The Morgan fingerprint density at radius 1 is 1.28 bits per heavy atom. The number of sulfonamides is 1. The Labute approximate surface area is 155 Å². The van der Waals surface area contributed by atoms with E-state index in [1.165, 1.54) is 37.0 Å². The van der Waals surface area contributed by atoms with Crippen molar-refractivity contribution in [1.29, 1.82) is 0 Å². The van der Waals surface area contributed by atoms with Gasteiger partial charge in [-0.1, -0.05) is 12.1 Å². The van der Waals surface area contributed by atoms with Crippen LogP contribution in [0, 0.1) is 0 Å². The molecule has 1 aromatic rings. The second-order valence-electron chi connectivity index (χ2n) is 6.14. The van der Waals surface area contributed by atoms with Gasteiger partial charge in [0, 0.05) is 32.4 Å². The second kappa shape index (κ2) is 9.45. The predicted molar refractivity (Wildman–Crippen MR) is 106 cm³/mol. The van der Waals surface area contributed by atoms with Gasteiger partial charge in [0.2, 0.25) is 10.0 Å². The minimum absolute atomic E-state index is 0.300. The van der Waals surface area contributed by atoms with Crippen LogP contribution < -0.4 is 10.6 Å². The van der Waals surface area contributed by atoms with Crippen molar-refractivity contribution in [1.82, 2.24) is 14.9 Å². The first-order chi connectivity index (χ1) is 11.9. The number of benzene rings is 1. The van der Waals surface area contributed by atoms with Crippen molar-refractivity contribution in [2.45, 2.75) is 36.5 Å². The summed E-state index contributed by atoms with van der Waals surface area (Å²) in [5.41, 5.74) is 0.977. The molecule has 0 saturated carbocycles. The van der Waals surface area contributed by atoms with Crippen LogP contribution in [0.25, 0.3) is 0 Å². The maximum atomic E-state index is 12.1. The highest BCUT2D eigenvalue weighted by molar-refractivity contribution is 8.00. The third-order valence-electron chi connectivity index (χ3n) is 3.99. The molecule has 1 aliphatic rings. The summed E-state index contributed by atoms with van der Waals surface area (Å²) in [5, 5.41) is 7.32. The number of rotatable bonds is 7. The fourth-order valence-corrected chi connectivity index (χ4v) is 4.61. The van der Waals surface area contributed by atoms with Crippen molar-refractivity contribution < 1.29 is 8.42 Å². The van der Waals surface area contributed by atoms with Gasteiger partial charge >= 0.3 is 0 Å². The molecule has 0 spiro atoms. The summed E-state index contributed by atoms with van der Waals surface area (Å²) in [7, 11) is -0.317. The lowest BCUT2D eigenvalue weighted by atomic mass is 10.2. The summed E-state index contributed by atoms with van der Waals surface area (Å²) in [6.45, 7) is 4.29. The van der Waals surface area contributed by atoms with Gasteiger partial charge in [-0.3, -0.25) is 0 Å². The van der Waals surface area contributed by atoms with E-state index in [9.17, 15) is 8.42 Å². The van der Waals surface area contributed by atoms with Crippen LogP contribution in [0.5, 0.6) is 0 Å². The standard InChI is InChI=1S/C17H28N4O2S2/c1-4-18-17(20-13-15-6-5-11-24-15)19-12-14-7-9-16(10-8-14)25(22,23)21(2)3/h7-10,15H,4-6,11-13H2,1-3H3,(H2,18,19,20). The van der Waals surface area contributed by atoms with Crippen molar-refractivity contribution in [3.05, 3.63) is 29.8 Å². The Balaban J connectivity index is 1.97. The molecule has 0 radical (unpaired) electrons. The fourth-order valence-electron chi connectivity index (χ4n) is 2.51. The molecule has 1 unspecified atom stereocenters. The molecule has 1 atom stereocenters. The van der Waals surface area contributed by atoms with Gasteiger partial charge in [0.15, 0.2) is 5.96 Å². The maximum absolute atomic E-state index is 12.1. The van der Waals surface area contributed by atoms with E-state index < -0.39 is 10.0 Å². The third-order valence-corrected chi connectivity index (χ3v) is 7.21. The van der Waals surface area contributed by atoms with E-state index in [2.05, 4.69) is 15.6 Å². The van der Waals surface area contributed by atoms with Gasteiger partial charge in [-0.25, -0.2) is 17.7 Å². The van der Waals surface area contributed by atoms with E-state index in [0.29, 0.717) is 16.7 Å². The molecule has 6 nitrogen and oxygen atoms in total. The second-order valence-corrected chi connectivity index (χ2v) is 9.70. The molecule has 1 heterocycles. The lowest BCUT2D eigenvalue weighted by molar-refractivity contribution is 0.520. The Morgan fingerprint density at radius 2 is 2.00 bits per heavy atom. The average molecular weight is 385 g/mol. The molecule has 2 N–H and O–H groups in total. The Bertz CT molecular complexity index is 666. The van der Waals surface area contributed by atoms with Crippen LogP contribution in [0.3, 0.4) is 0 Å². The first kappa shape index (κ1) is 20.1. The van der Waals surface area contributed by atoms with Crippen molar-refractivity contribution in [2.24, 2.45) is 4.99 Å². The van der Waals surface area contributed by atoms with Crippen molar-refractivity contribution in [3.8, 4) is 0 Å². The third kappa shape index (κ3) is 5.90. The number of nitrogens with one attached hydrogen (secondary N) is 2. The molecular weight excluding hydrogens is 356 g/mol. The van der Waals surface area contributed by atoms with Crippen molar-refractivity contribution in [3.63, 3.8) is 0 Å². The molecule has 0 aromatic heterocycles. The van der Waals surface area contributed by atoms with Crippen LogP contribution in [0.4, 0.5) is 0 Å². The molecule has 8 heteroatoms. The minimum atomic E-state index is -3.38. The zero-order valence-electron chi connectivity index (χ0n) is 15.2. The summed E-state index contributed by atoms with van der Waals surface area (Å²) in [6.07, 6.45) is 2.56. The molecular formula is C17H28N4O2S2. The quantitative estimate of drug-likeness (QED) is 0.555. The van der Waals surface area contributed by atoms with Gasteiger partial charge in [0.1, 0.15) is 0 Å². The van der Waals surface area contributed by atoms with E-state index >= 15 is 0 Å². The summed E-state index contributed by atoms with van der Waals surface area (Å²) in [4.78, 5) is 4.90. The van der Waals surface area contributed by atoms with Gasteiger partial charge < -0.3 is 10.6 Å². The zero-order valence-corrected chi connectivity index (χ0v) is 16.8. The van der Waals surface area contributed by atoms with Gasteiger partial charge in [-0.2, -0.15) is 11.8 Å². The van der Waals surface area contributed by atoms with Gasteiger partial charge in [-0.15, -0.1) is 0 Å². The summed E-state index contributed by atoms with van der Waals surface area (Å²) >= 11 is 2.02. The highest BCUT2D eigenvalue weighted by atomic mass is 32.2. The Hall–Kier alpha value is -1.25. The highest BCUT2D eigenvalue weighted by Gasteiger charge is 2.17. The first-order valence-electron chi connectivity index (χ1n) is 8.58. The number of guanidine groups is 1. The molecule has 1 aliphatic heterocycles. The molecule has 0 aliphatic carbocycles. The molecule has 1 saturated heterocycles. The molecule has 0 amide bonds. The van der Waals surface area contributed by atoms with E-state index in [1.54, 1.807) is 12.1 Å². The zero-order chi connectivity index (χ0) is 18.3. The molecule has 0 bridgehead atoms. The van der Waals surface area contributed by atoms with Crippen LogP contribution in [-0.4, -0.2) is 56.9 Å². The number of nitrogens with zero attached hydrogens (tertiary/aromatic N) is 2. The van der Waals surface area contributed by atoms with E-state index in [0.717, 1.165) is 24.6 Å². The molecule has 140 valence electrons.